The molecule has 1 heterocycles. The summed E-state index contributed by atoms with van der Waals surface area (Å²) in [6.45, 7) is 10.0. The molecule has 0 aromatic heterocycles. The number of nitrogens with zero attached hydrogens (tertiary/aromatic N) is 3. The lowest BCUT2D eigenvalue weighted by atomic mass is 10.1. The van der Waals surface area contributed by atoms with Crippen LogP contribution in [0.2, 0.25) is 0 Å². The highest BCUT2D eigenvalue weighted by Crippen LogP contribution is 2.25. The Balaban J connectivity index is 1.59. The highest BCUT2D eigenvalue weighted by molar-refractivity contribution is 5.94. The summed E-state index contributed by atoms with van der Waals surface area (Å²) in [5, 5.41) is 0. The molecule has 0 fully saturated rings. The van der Waals surface area contributed by atoms with Crippen LogP contribution in [0.3, 0.4) is 0 Å². The molecule has 0 saturated heterocycles. The number of benzene rings is 3. The molecule has 0 bridgehead atoms. The molecule has 3 aromatic carbocycles. The molecule has 0 N–H and O–H groups in total. The van der Waals surface area contributed by atoms with E-state index in [2.05, 4.69) is 56.0 Å². The van der Waals surface area contributed by atoms with Gasteiger partial charge in [-0.05, 0) is 56.4 Å². The second-order valence-electron chi connectivity index (χ2n) is 10.6. The van der Waals surface area contributed by atoms with Gasteiger partial charge in [0.1, 0.15) is 0 Å². The van der Waals surface area contributed by atoms with Crippen LogP contribution in [0.1, 0.15) is 48.9 Å². The Hall–Kier alpha value is -3.44. The first-order chi connectivity index (χ1) is 18.4. The maximum Gasteiger partial charge on any atom is 0.227 e. The molecule has 200 valence electrons. The Labute approximate surface area is 228 Å². The number of aryl methyl sites for hydroxylation is 2. The predicted molar refractivity (Wildman–Crippen MR) is 155 cm³/mol. The number of amides is 2. The van der Waals surface area contributed by atoms with Gasteiger partial charge in [-0.15, -0.1) is 0 Å². The van der Waals surface area contributed by atoms with Gasteiger partial charge in [-0.1, -0.05) is 78.4 Å². The fourth-order valence-electron chi connectivity index (χ4n) is 5.12. The first-order valence-electron chi connectivity index (χ1n) is 13.9. The van der Waals surface area contributed by atoms with Crippen molar-refractivity contribution < 1.29 is 9.59 Å². The van der Waals surface area contributed by atoms with Gasteiger partial charge < -0.3 is 9.80 Å². The Kier molecular flexibility index (Phi) is 9.72. The van der Waals surface area contributed by atoms with Crippen molar-refractivity contribution in [1.82, 2.24) is 9.80 Å². The highest BCUT2D eigenvalue weighted by atomic mass is 16.2. The van der Waals surface area contributed by atoms with E-state index in [9.17, 15) is 9.59 Å². The lowest BCUT2D eigenvalue weighted by Gasteiger charge is -2.30. The molecule has 0 unspecified atom stereocenters. The summed E-state index contributed by atoms with van der Waals surface area (Å²) in [5.41, 5.74) is 5.34. The average Bonchev–Trinajstić information content (AvgIpc) is 2.96. The zero-order chi connectivity index (χ0) is 26.9. The standard InChI is InChI=1S/C33H41N3O2/c1-26(2)34-20-9-21-36(32(37)19-18-28-10-5-4-6-11-28)31-13-8-7-12-30(31)25-35(23-22-34)33(38)24-29-16-14-27(3)15-17-29/h4-8,10-17,26H,9,18-25H2,1-3H3. The molecule has 5 nitrogen and oxygen atoms in total. The zero-order valence-corrected chi connectivity index (χ0v) is 23.1. The molecule has 1 aliphatic heterocycles. The summed E-state index contributed by atoms with van der Waals surface area (Å²) >= 11 is 0. The summed E-state index contributed by atoms with van der Waals surface area (Å²) in [6, 6.07) is 26.9. The molecular weight excluding hydrogens is 470 g/mol. The van der Waals surface area contributed by atoms with Crippen LogP contribution < -0.4 is 4.90 Å². The lowest BCUT2D eigenvalue weighted by Crippen LogP contribution is -2.41. The fourth-order valence-corrected chi connectivity index (χ4v) is 5.12. The van der Waals surface area contributed by atoms with Gasteiger partial charge in [-0.2, -0.15) is 0 Å². The van der Waals surface area contributed by atoms with E-state index in [0.29, 0.717) is 38.5 Å². The monoisotopic (exact) mass is 511 g/mol. The number of fused-ring (bicyclic) bond motifs is 1. The van der Waals surface area contributed by atoms with E-state index < -0.39 is 0 Å². The van der Waals surface area contributed by atoms with Crippen molar-refractivity contribution in [3.63, 3.8) is 0 Å². The Morgan fingerprint density at radius 3 is 2.21 bits per heavy atom. The molecule has 5 heteroatoms. The number of anilines is 1. The van der Waals surface area contributed by atoms with Gasteiger partial charge in [0, 0.05) is 50.9 Å². The first kappa shape index (κ1) is 27.6. The summed E-state index contributed by atoms with van der Waals surface area (Å²) in [7, 11) is 0. The van der Waals surface area contributed by atoms with Crippen LogP contribution in [0.15, 0.2) is 78.9 Å². The van der Waals surface area contributed by atoms with Gasteiger partial charge in [-0.25, -0.2) is 0 Å². The zero-order valence-electron chi connectivity index (χ0n) is 23.1. The smallest absolute Gasteiger partial charge is 0.227 e. The average molecular weight is 512 g/mol. The highest BCUT2D eigenvalue weighted by Gasteiger charge is 2.24. The Morgan fingerprint density at radius 2 is 1.47 bits per heavy atom. The fraction of sp³-hybridized carbons (Fsp3) is 0.394. The molecule has 3 aromatic rings. The van der Waals surface area contributed by atoms with Crippen LogP contribution >= 0.6 is 0 Å². The topological polar surface area (TPSA) is 43.9 Å². The van der Waals surface area contributed by atoms with Gasteiger partial charge in [0.15, 0.2) is 0 Å². The molecule has 38 heavy (non-hydrogen) atoms. The van der Waals surface area contributed by atoms with Crippen molar-refractivity contribution in [2.24, 2.45) is 0 Å². The van der Waals surface area contributed by atoms with Crippen molar-refractivity contribution in [2.75, 3.05) is 31.1 Å². The van der Waals surface area contributed by atoms with E-state index >= 15 is 0 Å². The van der Waals surface area contributed by atoms with Crippen LogP contribution in [0, 0.1) is 6.92 Å². The molecule has 0 radical (unpaired) electrons. The first-order valence-corrected chi connectivity index (χ1v) is 13.9. The molecule has 2 amide bonds. The minimum Gasteiger partial charge on any atom is -0.337 e. The van der Waals surface area contributed by atoms with Crippen molar-refractivity contribution in [2.45, 2.75) is 59.0 Å². The van der Waals surface area contributed by atoms with Gasteiger partial charge >= 0.3 is 0 Å². The number of rotatable bonds is 6. The summed E-state index contributed by atoms with van der Waals surface area (Å²) in [6.07, 6.45) is 2.45. The molecule has 1 aliphatic rings. The molecular formula is C33H41N3O2. The van der Waals surface area contributed by atoms with Crippen molar-refractivity contribution in [3.05, 3.63) is 101 Å². The van der Waals surface area contributed by atoms with E-state index in [0.717, 1.165) is 42.7 Å². The molecule has 0 saturated carbocycles. The van der Waals surface area contributed by atoms with Gasteiger partial charge in [0.05, 0.1) is 6.42 Å². The maximum atomic E-state index is 13.6. The third-order valence-corrected chi connectivity index (χ3v) is 7.46. The summed E-state index contributed by atoms with van der Waals surface area (Å²) in [5.74, 6) is 0.253. The minimum absolute atomic E-state index is 0.119. The normalized spacial score (nSPS) is 15.2. The van der Waals surface area contributed by atoms with Crippen LogP contribution in [-0.4, -0.2) is 53.8 Å². The number of para-hydroxylation sites is 1. The second kappa shape index (κ2) is 13.4. The van der Waals surface area contributed by atoms with Gasteiger partial charge in [-0.3, -0.25) is 14.5 Å². The number of carbonyl (C=O) groups is 2. The number of hydrogen-bond acceptors (Lipinski definition) is 3. The molecule has 4 rings (SSSR count). The molecule has 0 atom stereocenters. The van der Waals surface area contributed by atoms with E-state index in [1.54, 1.807) is 0 Å². The van der Waals surface area contributed by atoms with E-state index in [4.69, 9.17) is 0 Å². The molecule has 0 aliphatic carbocycles. The second-order valence-corrected chi connectivity index (χ2v) is 10.6. The lowest BCUT2D eigenvalue weighted by molar-refractivity contribution is -0.131. The minimum atomic E-state index is 0.119. The van der Waals surface area contributed by atoms with Crippen molar-refractivity contribution in [3.8, 4) is 0 Å². The van der Waals surface area contributed by atoms with E-state index in [1.807, 2.05) is 58.3 Å². The SMILES string of the molecule is Cc1ccc(CC(=O)N2CCN(C(C)C)CCCN(C(=O)CCc3ccccc3)c3ccccc3C2)cc1. The van der Waals surface area contributed by atoms with Crippen LogP contribution in [0.4, 0.5) is 5.69 Å². The van der Waals surface area contributed by atoms with E-state index in [-0.39, 0.29) is 11.8 Å². The Bertz CT molecular complexity index is 1190. The summed E-state index contributed by atoms with van der Waals surface area (Å²) < 4.78 is 0. The number of hydrogen-bond donors (Lipinski definition) is 0. The Morgan fingerprint density at radius 1 is 0.763 bits per heavy atom. The largest absolute Gasteiger partial charge is 0.337 e. The third-order valence-electron chi connectivity index (χ3n) is 7.46. The van der Waals surface area contributed by atoms with E-state index in [1.165, 1.54) is 11.1 Å². The molecule has 0 spiro atoms. The quantitative estimate of drug-likeness (QED) is 0.430. The predicted octanol–water partition coefficient (Wildman–Crippen LogP) is 5.65. The van der Waals surface area contributed by atoms with Crippen molar-refractivity contribution >= 4 is 17.5 Å². The third kappa shape index (κ3) is 7.55. The van der Waals surface area contributed by atoms with Crippen LogP contribution in [0.25, 0.3) is 0 Å². The van der Waals surface area contributed by atoms with Gasteiger partial charge in [0.25, 0.3) is 0 Å². The van der Waals surface area contributed by atoms with Crippen LogP contribution in [-0.2, 0) is 29.0 Å². The van der Waals surface area contributed by atoms with Crippen molar-refractivity contribution in [1.29, 1.82) is 0 Å². The van der Waals surface area contributed by atoms with Crippen LogP contribution in [0.5, 0.6) is 0 Å². The van der Waals surface area contributed by atoms with Gasteiger partial charge in [0.2, 0.25) is 11.8 Å². The summed E-state index contributed by atoms with van der Waals surface area (Å²) in [4.78, 5) is 33.6. The number of carbonyl (C=O) groups excluding carboxylic acids is 2. The maximum absolute atomic E-state index is 13.6.